The van der Waals surface area contributed by atoms with Gasteiger partial charge in [-0.3, -0.25) is 9.69 Å². The highest BCUT2D eigenvalue weighted by Crippen LogP contribution is 2.33. The van der Waals surface area contributed by atoms with Crippen molar-refractivity contribution < 1.29 is 9.53 Å². The summed E-state index contributed by atoms with van der Waals surface area (Å²) in [6, 6.07) is 13.2. The number of nitrogens with zero attached hydrogens (tertiary/aromatic N) is 2. The first kappa shape index (κ1) is 21.7. The summed E-state index contributed by atoms with van der Waals surface area (Å²) in [5.74, 6) is 0.910. The lowest BCUT2D eigenvalue weighted by molar-refractivity contribution is 0.0998. The topological polar surface area (TPSA) is 95.7 Å². The minimum absolute atomic E-state index is 0.0404. The maximum atomic E-state index is 12.3. The summed E-state index contributed by atoms with van der Waals surface area (Å²) in [6.07, 6.45) is 0. The molecule has 0 spiro atoms. The van der Waals surface area contributed by atoms with Crippen LogP contribution in [-0.4, -0.2) is 41.9 Å². The molecular formula is C22H26ClN5O2. The molecule has 4 N–H and O–H groups in total. The van der Waals surface area contributed by atoms with Gasteiger partial charge in [-0.2, -0.15) is 4.99 Å². The minimum atomic E-state index is -0.485. The smallest absolute Gasteiger partial charge is 0.296 e. The molecule has 2 aromatic carbocycles. The van der Waals surface area contributed by atoms with Crippen molar-refractivity contribution in [3.63, 3.8) is 0 Å². The summed E-state index contributed by atoms with van der Waals surface area (Å²) in [6.45, 7) is 6.99. The lowest BCUT2D eigenvalue weighted by atomic mass is 10.2. The van der Waals surface area contributed by atoms with E-state index in [1.54, 1.807) is 19.2 Å². The number of aromatic amines is 1. The first-order valence-electron chi connectivity index (χ1n) is 9.81. The molecule has 3 aromatic rings. The second kappa shape index (κ2) is 9.65. The Balaban J connectivity index is 1.91. The number of carbonyl (C=O) groups is 1. The van der Waals surface area contributed by atoms with Crippen molar-refractivity contribution >= 4 is 34.4 Å². The molecule has 0 aliphatic heterocycles. The van der Waals surface area contributed by atoms with Crippen molar-refractivity contribution in [1.29, 1.82) is 0 Å². The highest BCUT2D eigenvalue weighted by Gasteiger charge is 2.14. The van der Waals surface area contributed by atoms with Crippen molar-refractivity contribution in [3.05, 3.63) is 58.7 Å². The Morgan fingerprint density at radius 2 is 1.97 bits per heavy atom. The van der Waals surface area contributed by atoms with Crippen LogP contribution in [0.15, 0.2) is 47.5 Å². The summed E-state index contributed by atoms with van der Waals surface area (Å²) < 4.78 is 6.17. The van der Waals surface area contributed by atoms with Crippen LogP contribution in [0.4, 0.5) is 0 Å². The third kappa shape index (κ3) is 4.93. The predicted octanol–water partition coefficient (Wildman–Crippen LogP) is 4.13. The minimum Gasteiger partial charge on any atom is -0.457 e. The van der Waals surface area contributed by atoms with Gasteiger partial charge in [-0.15, -0.1) is 0 Å². The molecule has 1 aromatic heterocycles. The van der Waals surface area contributed by atoms with Crippen molar-refractivity contribution in [2.75, 3.05) is 20.1 Å². The van der Waals surface area contributed by atoms with Gasteiger partial charge in [0.2, 0.25) is 0 Å². The first-order valence-corrected chi connectivity index (χ1v) is 10.2. The van der Waals surface area contributed by atoms with E-state index in [1.807, 2.05) is 24.3 Å². The maximum absolute atomic E-state index is 12.3. The number of nitrogens with one attached hydrogen (secondary N) is 2. The molecule has 0 atom stereocenters. The van der Waals surface area contributed by atoms with Gasteiger partial charge in [0.15, 0.2) is 5.96 Å². The molecule has 0 bridgehead atoms. The molecule has 0 saturated carbocycles. The van der Waals surface area contributed by atoms with E-state index in [-0.39, 0.29) is 5.96 Å². The molecule has 7 nitrogen and oxygen atoms in total. The number of hydrogen-bond donors (Lipinski definition) is 3. The molecule has 0 aliphatic rings. The van der Waals surface area contributed by atoms with Crippen LogP contribution in [0.3, 0.4) is 0 Å². The van der Waals surface area contributed by atoms with Crippen molar-refractivity contribution in [3.8, 4) is 11.5 Å². The fourth-order valence-electron chi connectivity index (χ4n) is 3.12. The average molecular weight is 428 g/mol. The van der Waals surface area contributed by atoms with Crippen LogP contribution in [0.2, 0.25) is 5.02 Å². The number of halogens is 1. The van der Waals surface area contributed by atoms with Gasteiger partial charge in [-0.05, 0) is 25.2 Å². The van der Waals surface area contributed by atoms with Crippen LogP contribution in [0.5, 0.6) is 11.5 Å². The normalized spacial score (nSPS) is 11.8. The van der Waals surface area contributed by atoms with Crippen LogP contribution in [0.25, 0.3) is 10.9 Å². The van der Waals surface area contributed by atoms with Gasteiger partial charge >= 0.3 is 0 Å². The molecule has 0 saturated heterocycles. The molecule has 0 unspecified atom stereocenters. The Bertz CT molecular complexity index is 1070. The number of H-pyrrole nitrogens is 1. The van der Waals surface area contributed by atoms with Gasteiger partial charge < -0.3 is 20.8 Å². The van der Waals surface area contributed by atoms with E-state index in [0.717, 1.165) is 30.9 Å². The molecule has 30 heavy (non-hydrogen) atoms. The number of aliphatic imine (C=N–C) groups is 1. The number of carbonyl (C=O) groups excluding carboxylic acids is 1. The Morgan fingerprint density at radius 3 is 2.67 bits per heavy atom. The molecule has 158 valence electrons. The van der Waals surface area contributed by atoms with E-state index in [4.69, 9.17) is 22.1 Å². The number of hydrogen-bond acceptors (Lipinski definition) is 3. The van der Waals surface area contributed by atoms with Crippen LogP contribution in [-0.2, 0) is 6.54 Å². The third-order valence-corrected chi connectivity index (χ3v) is 5.17. The van der Waals surface area contributed by atoms with Crippen molar-refractivity contribution in [2.24, 2.45) is 10.7 Å². The summed E-state index contributed by atoms with van der Waals surface area (Å²) in [7, 11) is 1.59. The first-order chi connectivity index (χ1) is 14.4. The van der Waals surface area contributed by atoms with Gasteiger partial charge in [0.25, 0.3) is 5.91 Å². The summed E-state index contributed by atoms with van der Waals surface area (Å²) in [5.41, 5.74) is 7.64. The van der Waals surface area contributed by atoms with Crippen LogP contribution < -0.4 is 15.8 Å². The standard InChI is InChI=1S/C22H26ClN5O2/c1-4-28(5-2)13-14-8-6-7-9-20(14)30-15-10-17(23)16-12-19(26-18(16)11-15)21(29)27-22(24)25-3/h6-12,26H,4-5,13H2,1-3H3,(H3,24,25,27,29). The molecule has 0 fully saturated rings. The van der Waals surface area contributed by atoms with E-state index in [0.29, 0.717) is 27.4 Å². The number of guanidine groups is 1. The second-order valence-electron chi connectivity index (χ2n) is 6.77. The lowest BCUT2D eigenvalue weighted by Gasteiger charge is -2.20. The Labute approximate surface area is 180 Å². The van der Waals surface area contributed by atoms with Gasteiger partial charge in [-0.25, -0.2) is 0 Å². The second-order valence-corrected chi connectivity index (χ2v) is 7.18. The molecule has 3 rings (SSSR count). The highest BCUT2D eigenvalue weighted by atomic mass is 35.5. The van der Waals surface area contributed by atoms with E-state index in [1.165, 1.54) is 0 Å². The average Bonchev–Trinajstić information content (AvgIpc) is 3.18. The number of nitrogens with two attached hydrogens (primary N) is 1. The highest BCUT2D eigenvalue weighted by molar-refractivity contribution is 6.35. The maximum Gasteiger partial charge on any atom is 0.296 e. The monoisotopic (exact) mass is 427 g/mol. The quantitative estimate of drug-likeness (QED) is 0.389. The number of rotatable bonds is 7. The van der Waals surface area contributed by atoms with E-state index >= 15 is 0 Å². The van der Waals surface area contributed by atoms with Crippen LogP contribution in [0.1, 0.15) is 29.9 Å². The van der Waals surface area contributed by atoms with Gasteiger partial charge in [-0.1, -0.05) is 43.6 Å². The molecule has 1 amide bonds. The van der Waals surface area contributed by atoms with E-state index in [2.05, 4.69) is 40.1 Å². The van der Waals surface area contributed by atoms with Crippen LogP contribution in [0, 0.1) is 0 Å². The number of fused-ring (bicyclic) bond motifs is 1. The van der Waals surface area contributed by atoms with Gasteiger partial charge in [0.05, 0.1) is 10.5 Å². The Hall–Kier alpha value is -3.03. The number of aromatic nitrogens is 1. The molecule has 1 heterocycles. The van der Waals surface area contributed by atoms with Gasteiger partial charge in [0, 0.05) is 36.7 Å². The SMILES string of the molecule is CCN(CC)Cc1ccccc1Oc1cc(Cl)c2cc(C(=O)N=C(N)NC)[nH]c2c1. The van der Waals surface area contributed by atoms with E-state index in [9.17, 15) is 4.79 Å². The van der Waals surface area contributed by atoms with Gasteiger partial charge in [0.1, 0.15) is 17.2 Å². The fourth-order valence-corrected chi connectivity index (χ4v) is 3.38. The summed E-state index contributed by atoms with van der Waals surface area (Å²) in [4.78, 5) is 21.4. The fraction of sp³-hybridized carbons (Fsp3) is 0.273. The molecule has 0 aliphatic carbocycles. The predicted molar refractivity (Wildman–Crippen MR) is 121 cm³/mol. The summed E-state index contributed by atoms with van der Waals surface area (Å²) >= 11 is 6.46. The number of ether oxygens (including phenoxy) is 1. The Kier molecular flexibility index (Phi) is 6.97. The van der Waals surface area contributed by atoms with Crippen molar-refractivity contribution in [1.82, 2.24) is 15.2 Å². The van der Waals surface area contributed by atoms with Crippen molar-refractivity contribution in [2.45, 2.75) is 20.4 Å². The zero-order chi connectivity index (χ0) is 21.7. The molecule has 0 radical (unpaired) electrons. The van der Waals surface area contributed by atoms with E-state index < -0.39 is 5.91 Å². The van der Waals surface area contributed by atoms with Crippen LogP contribution >= 0.6 is 11.6 Å². The molecule has 8 heteroatoms. The summed E-state index contributed by atoms with van der Waals surface area (Å²) in [5, 5.41) is 3.80. The molecular weight excluding hydrogens is 402 g/mol. The Morgan fingerprint density at radius 1 is 1.23 bits per heavy atom. The number of benzene rings is 2. The number of amides is 1. The third-order valence-electron chi connectivity index (χ3n) is 4.86. The zero-order valence-electron chi connectivity index (χ0n) is 17.3. The largest absolute Gasteiger partial charge is 0.457 e. The number of para-hydroxylation sites is 1. The zero-order valence-corrected chi connectivity index (χ0v) is 18.1. The lowest BCUT2D eigenvalue weighted by Crippen LogP contribution is -2.28.